The molecule has 0 aliphatic carbocycles. The van der Waals surface area contributed by atoms with Gasteiger partial charge in [0.05, 0.1) is 12.2 Å². The lowest BCUT2D eigenvalue weighted by molar-refractivity contribution is 0.356. The number of aryl methyl sites for hydroxylation is 4. The summed E-state index contributed by atoms with van der Waals surface area (Å²) in [4.78, 5) is 13.6. The molecule has 7 heteroatoms. The van der Waals surface area contributed by atoms with Crippen LogP contribution in [-0.2, 0) is 19.5 Å². The molecule has 1 atom stereocenters. The molecule has 3 aromatic heterocycles. The second-order valence-electron chi connectivity index (χ2n) is 6.31. The highest BCUT2D eigenvalue weighted by atomic mass is 15.4. The normalized spacial score (nSPS) is 17.6. The second-order valence-corrected chi connectivity index (χ2v) is 6.31. The van der Waals surface area contributed by atoms with Crippen LogP contribution < -0.4 is 5.32 Å². The van der Waals surface area contributed by atoms with Crippen molar-refractivity contribution in [3.05, 3.63) is 41.0 Å². The zero-order chi connectivity index (χ0) is 16.0. The van der Waals surface area contributed by atoms with Gasteiger partial charge in [-0.2, -0.15) is 5.10 Å². The fourth-order valence-electron chi connectivity index (χ4n) is 3.25. The van der Waals surface area contributed by atoms with Gasteiger partial charge in [-0.05, 0) is 33.3 Å². The Balaban J connectivity index is 1.46. The van der Waals surface area contributed by atoms with Gasteiger partial charge in [0.15, 0.2) is 0 Å². The fourth-order valence-corrected chi connectivity index (χ4v) is 3.25. The van der Waals surface area contributed by atoms with Crippen LogP contribution in [0.3, 0.4) is 0 Å². The van der Waals surface area contributed by atoms with Crippen LogP contribution in [0.15, 0.2) is 12.3 Å². The smallest absolute Gasteiger partial charge is 0.234 e. The van der Waals surface area contributed by atoms with Gasteiger partial charge in [-0.1, -0.05) is 0 Å². The van der Waals surface area contributed by atoms with E-state index in [0.29, 0.717) is 6.04 Å². The lowest BCUT2D eigenvalue weighted by Crippen LogP contribution is -2.37. The third kappa shape index (κ3) is 2.72. The zero-order valence-corrected chi connectivity index (χ0v) is 13.7. The maximum atomic E-state index is 4.62. The van der Waals surface area contributed by atoms with E-state index >= 15 is 0 Å². The SMILES string of the molecule is Cc1cc(C)n2cc(CNC3CCc4nc(C)nn4C3)nc2n1. The van der Waals surface area contributed by atoms with E-state index in [-0.39, 0.29) is 0 Å². The summed E-state index contributed by atoms with van der Waals surface area (Å²) in [6.07, 6.45) is 4.13. The number of hydrogen-bond donors (Lipinski definition) is 1. The molecule has 3 aromatic rings. The molecule has 1 aliphatic heterocycles. The van der Waals surface area contributed by atoms with Crippen molar-refractivity contribution in [1.82, 2.24) is 34.4 Å². The molecule has 0 fully saturated rings. The molecule has 0 amide bonds. The first-order valence-electron chi connectivity index (χ1n) is 8.04. The molecular weight excluding hydrogens is 290 g/mol. The minimum atomic E-state index is 0.407. The van der Waals surface area contributed by atoms with Crippen LogP contribution in [-0.4, -0.2) is 35.2 Å². The molecule has 4 heterocycles. The Morgan fingerprint density at radius 2 is 2.09 bits per heavy atom. The minimum Gasteiger partial charge on any atom is -0.306 e. The van der Waals surface area contributed by atoms with Crippen LogP contribution in [0.1, 0.15) is 35.2 Å². The Labute approximate surface area is 134 Å². The van der Waals surface area contributed by atoms with Crippen molar-refractivity contribution in [1.29, 1.82) is 0 Å². The van der Waals surface area contributed by atoms with Crippen LogP contribution in [0.4, 0.5) is 0 Å². The van der Waals surface area contributed by atoms with Gasteiger partial charge >= 0.3 is 0 Å². The van der Waals surface area contributed by atoms with Crippen LogP contribution in [0.25, 0.3) is 5.78 Å². The Bertz CT molecular complexity index is 861. The van der Waals surface area contributed by atoms with E-state index in [1.165, 1.54) is 0 Å². The highest BCUT2D eigenvalue weighted by molar-refractivity contribution is 5.34. The molecule has 1 unspecified atom stereocenters. The summed E-state index contributed by atoms with van der Waals surface area (Å²) in [6, 6.07) is 2.48. The topological polar surface area (TPSA) is 72.9 Å². The number of nitrogens with one attached hydrogen (secondary N) is 1. The summed E-state index contributed by atoms with van der Waals surface area (Å²) < 4.78 is 4.07. The van der Waals surface area contributed by atoms with E-state index < -0.39 is 0 Å². The van der Waals surface area contributed by atoms with Crippen molar-refractivity contribution in [2.45, 2.75) is 52.7 Å². The van der Waals surface area contributed by atoms with Crippen molar-refractivity contribution in [3.63, 3.8) is 0 Å². The van der Waals surface area contributed by atoms with E-state index in [9.17, 15) is 0 Å². The van der Waals surface area contributed by atoms with Crippen LogP contribution in [0, 0.1) is 20.8 Å². The predicted octanol–water partition coefficient (Wildman–Crippen LogP) is 1.35. The maximum absolute atomic E-state index is 4.62. The van der Waals surface area contributed by atoms with Gasteiger partial charge in [0, 0.05) is 36.6 Å². The van der Waals surface area contributed by atoms with E-state index in [1.54, 1.807) is 0 Å². The standard InChI is InChI=1S/C16H21N7/c1-10-6-11(2)22-8-14(20-16(22)18-10)7-17-13-4-5-15-19-12(3)21-23(15)9-13/h6,8,13,17H,4-5,7,9H2,1-3H3. The number of imidazole rings is 1. The van der Waals surface area contributed by atoms with Gasteiger partial charge in [-0.3, -0.25) is 4.40 Å². The molecule has 23 heavy (non-hydrogen) atoms. The van der Waals surface area contributed by atoms with Crippen molar-refractivity contribution < 1.29 is 0 Å². The molecule has 0 saturated carbocycles. The lowest BCUT2D eigenvalue weighted by Gasteiger charge is -2.23. The van der Waals surface area contributed by atoms with Gasteiger partial charge < -0.3 is 5.32 Å². The number of hydrogen-bond acceptors (Lipinski definition) is 5. The summed E-state index contributed by atoms with van der Waals surface area (Å²) in [6.45, 7) is 7.65. The molecular formula is C16H21N7. The summed E-state index contributed by atoms with van der Waals surface area (Å²) in [7, 11) is 0. The Kier molecular flexibility index (Phi) is 3.37. The fraction of sp³-hybridized carbons (Fsp3) is 0.500. The quantitative estimate of drug-likeness (QED) is 0.790. The molecule has 1 N–H and O–H groups in total. The molecule has 0 bridgehead atoms. The molecule has 4 rings (SSSR count). The number of fused-ring (bicyclic) bond motifs is 2. The van der Waals surface area contributed by atoms with E-state index in [1.807, 2.05) is 22.9 Å². The largest absolute Gasteiger partial charge is 0.306 e. The first-order chi connectivity index (χ1) is 11.1. The van der Waals surface area contributed by atoms with Crippen LogP contribution in [0.2, 0.25) is 0 Å². The highest BCUT2D eigenvalue weighted by Crippen LogP contribution is 2.14. The van der Waals surface area contributed by atoms with Crippen molar-refractivity contribution in [2.24, 2.45) is 0 Å². The Morgan fingerprint density at radius 3 is 2.96 bits per heavy atom. The van der Waals surface area contributed by atoms with Gasteiger partial charge in [-0.25, -0.2) is 19.6 Å². The van der Waals surface area contributed by atoms with Crippen LogP contribution >= 0.6 is 0 Å². The average Bonchev–Trinajstić information content (AvgIpc) is 3.06. The summed E-state index contributed by atoms with van der Waals surface area (Å²) in [5.74, 6) is 2.73. The molecule has 7 nitrogen and oxygen atoms in total. The van der Waals surface area contributed by atoms with E-state index in [0.717, 1.165) is 60.4 Å². The Morgan fingerprint density at radius 1 is 1.22 bits per heavy atom. The first kappa shape index (κ1) is 14.3. The molecule has 0 spiro atoms. The third-order valence-corrected chi connectivity index (χ3v) is 4.35. The monoisotopic (exact) mass is 311 g/mol. The molecule has 0 radical (unpaired) electrons. The Hall–Kier alpha value is -2.28. The number of aromatic nitrogens is 6. The van der Waals surface area contributed by atoms with Crippen molar-refractivity contribution in [3.8, 4) is 0 Å². The second kappa shape index (κ2) is 5.42. The molecule has 120 valence electrons. The first-order valence-corrected chi connectivity index (χ1v) is 8.04. The summed E-state index contributed by atoms with van der Waals surface area (Å²) >= 11 is 0. The van der Waals surface area contributed by atoms with Gasteiger partial charge in [0.1, 0.15) is 11.6 Å². The van der Waals surface area contributed by atoms with Gasteiger partial charge in [-0.15, -0.1) is 0 Å². The zero-order valence-electron chi connectivity index (χ0n) is 13.7. The molecule has 0 saturated heterocycles. The van der Waals surface area contributed by atoms with Crippen LogP contribution in [0.5, 0.6) is 0 Å². The number of rotatable bonds is 3. The van der Waals surface area contributed by atoms with E-state index in [2.05, 4.69) is 44.6 Å². The highest BCUT2D eigenvalue weighted by Gasteiger charge is 2.20. The maximum Gasteiger partial charge on any atom is 0.234 e. The number of nitrogens with zero attached hydrogens (tertiary/aromatic N) is 6. The van der Waals surface area contributed by atoms with Gasteiger partial charge in [0.25, 0.3) is 0 Å². The average molecular weight is 311 g/mol. The predicted molar refractivity (Wildman–Crippen MR) is 86.2 cm³/mol. The molecule has 0 aromatic carbocycles. The van der Waals surface area contributed by atoms with E-state index in [4.69, 9.17) is 0 Å². The lowest BCUT2D eigenvalue weighted by atomic mass is 10.1. The third-order valence-electron chi connectivity index (χ3n) is 4.35. The van der Waals surface area contributed by atoms with Crippen molar-refractivity contribution in [2.75, 3.05) is 0 Å². The van der Waals surface area contributed by atoms with Gasteiger partial charge in [0.2, 0.25) is 5.78 Å². The molecule has 1 aliphatic rings. The summed E-state index contributed by atoms with van der Waals surface area (Å²) in [5.41, 5.74) is 3.18. The summed E-state index contributed by atoms with van der Waals surface area (Å²) in [5, 5.41) is 8.04. The minimum absolute atomic E-state index is 0.407. The van der Waals surface area contributed by atoms with Crippen molar-refractivity contribution >= 4 is 5.78 Å².